The minimum absolute atomic E-state index is 0.193. The maximum atomic E-state index is 12.1. The van der Waals surface area contributed by atoms with Gasteiger partial charge in [0.25, 0.3) is 0 Å². The normalized spacial score (nSPS) is 25.1. The van der Waals surface area contributed by atoms with E-state index in [4.69, 9.17) is 0 Å². The molecule has 0 bridgehead atoms. The summed E-state index contributed by atoms with van der Waals surface area (Å²) in [5, 5.41) is 6.57. The standard InChI is InChI=1S/C17H24N2OS/c20-17(10-15-12-21-9-8-18-15)19-11-14-6-3-5-13-4-1-2-7-16(13)14/h1-2,4,7,14-15,18H,3,5-6,8-12H2,(H,19,20). The molecule has 21 heavy (non-hydrogen) atoms. The van der Waals surface area contributed by atoms with Crippen LogP contribution >= 0.6 is 11.8 Å². The van der Waals surface area contributed by atoms with Crippen molar-refractivity contribution in [3.05, 3.63) is 35.4 Å². The van der Waals surface area contributed by atoms with Gasteiger partial charge in [0.05, 0.1) is 0 Å². The van der Waals surface area contributed by atoms with Crippen molar-refractivity contribution in [3.63, 3.8) is 0 Å². The molecule has 2 N–H and O–H groups in total. The lowest BCUT2D eigenvalue weighted by Crippen LogP contribution is -2.42. The first kappa shape index (κ1) is 14.9. The number of nitrogens with one attached hydrogen (secondary N) is 2. The lowest BCUT2D eigenvalue weighted by Gasteiger charge is -2.26. The lowest BCUT2D eigenvalue weighted by atomic mass is 9.83. The topological polar surface area (TPSA) is 41.1 Å². The van der Waals surface area contributed by atoms with Crippen molar-refractivity contribution < 1.29 is 4.79 Å². The highest BCUT2D eigenvalue weighted by Gasteiger charge is 2.21. The van der Waals surface area contributed by atoms with Crippen LogP contribution in [0, 0.1) is 0 Å². The van der Waals surface area contributed by atoms with E-state index in [1.807, 2.05) is 11.8 Å². The molecule has 1 heterocycles. The molecule has 2 atom stereocenters. The SMILES string of the molecule is O=C(CC1CSCCN1)NCC1CCCc2ccccc21. The van der Waals surface area contributed by atoms with Crippen LogP contribution in [0.25, 0.3) is 0 Å². The Morgan fingerprint density at radius 1 is 1.38 bits per heavy atom. The summed E-state index contributed by atoms with van der Waals surface area (Å²) in [4.78, 5) is 12.1. The Labute approximate surface area is 131 Å². The number of hydrogen-bond donors (Lipinski definition) is 2. The van der Waals surface area contributed by atoms with Crippen LogP contribution in [0.15, 0.2) is 24.3 Å². The van der Waals surface area contributed by atoms with E-state index in [-0.39, 0.29) is 5.91 Å². The van der Waals surface area contributed by atoms with Gasteiger partial charge in [-0.05, 0) is 30.4 Å². The van der Waals surface area contributed by atoms with Gasteiger partial charge < -0.3 is 10.6 Å². The van der Waals surface area contributed by atoms with E-state index in [0.29, 0.717) is 18.4 Å². The number of carbonyl (C=O) groups excluding carboxylic acids is 1. The molecule has 4 heteroatoms. The van der Waals surface area contributed by atoms with Gasteiger partial charge in [0, 0.05) is 43.0 Å². The van der Waals surface area contributed by atoms with Crippen molar-refractivity contribution in [2.45, 2.75) is 37.6 Å². The first-order chi connectivity index (χ1) is 10.3. The molecule has 1 amide bonds. The Hall–Kier alpha value is -1.00. The maximum Gasteiger partial charge on any atom is 0.221 e. The zero-order valence-electron chi connectivity index (χ0n) is 12.4. The molecule has 0 aromatic heterocycles. The smallest absolute Gasteiger partial charge is 0.221 e. The van der Waals surface area contributed by atoms with Crippen LogP contribution in [-0.2, 0) is 11.2 Å². The predicted octanol–water partition coefficient (Wildman–Crippen LogP) is 2.32. The molecular formula is C17H24N2OS. The highest BCUT2D eigenvalue weighted by Crippen LogP contribution is 2.30. The minimum atomic E-state index is 0.193. The average Bonchev–Trinajstić information content (AvgIpc) is 2.54. The van der Waals surface area contributed by atoms with Crippen LogP contribution in [0.4, 0.5) is 0 Å². The molecule has 1 aromatic rings. The Kier molecular flexibility index (Phi) is 5.20. The molecule has 3 rings (SSSR count). The Bertz CT molecular complexity index is 485. The molecule has 2 aliphatic rings. The van der Waals surface area contributed by atoms with E-state index < -0.39 is 0 Å². The summed E-state index contributed by atoms with van der Waals surface area (Å²) < 4.78 is 0. The Morgan fingerprint density at radius 2 is 2.29 bits per heavy atom. The molecule has 2 unspecified atom stereocenters. The minimum Gasteiger partial charge on any atom is -0.355 e. The van der Waals surface area contributed by atoms with Crippen molar-refractivity contribution in [1.29, 1.82) is 0 Å². The van der Waals surface area contributed by atoms with E-state index in [9.17, 15) is 4.79 Å². The fraction of sp³-hybridized carbons (Fsp3) is 0.588. The van der Waals surface area contributed by atoms with Crippen LogP contribution in [-0.4, -0.2) is 36.5 Å². The highest BCUT2D eigenvalue weighted by molar-refractivity contribution is 7.99. The average molecular weight is 304 g/mol. The summed E-state index contributed by atoms with van der Waals surface area (Å²) in [5.41, 5.74) is 2.91. The van der Waals surface area contributed by atoms with Gasteiger partial charge in [-0.3, -0.25) is 4.79 Å². The molecule has 1 aromatic carbocycles. The number of aryl methyl sites for hydroxylation is 1. The lowest BCUT2D eigenvalue weighted by molar-refractivity contribution is -0.121. The summed E-state index contributed by atoms with van der Waals surface area (Å²) in [6.45, 7) is 1.81. The first-order valence-electron chi connectivity index (χ1n) is 7.98. The monoisotopic (exact) mass is 304 g/mol. The number of hydrogen-bond acceptors (Lipinski definition) is 3. The maximum absolute atomic E-state index is 12.1. The fourth-order valence-electron chi connectivity index (χ4n) is 3.35. The molecular weight excluding hydrogens is 280 g/mol. The van der Waals surface area contributed by atoms with Crippen molar-refractivity contribution in [2.75, 3.05) is 24.6 Å². The highest BCUT2D eigenvalue weighted by atomic mass is 32.2. The van der Waals surface area contributed by atoms with Crippen molar-refractivity contribution in [1.82, 2.24) is 10.6 Å². The summed E-state index contributed by atoms with van der Waals surface area (Å²) in [7, 11) is 0. The molecule has 1 aliphatic carbocycles. The van der Waals surface area contributed by atoms with E-state index in [2.05, 4.69) is 34.9 Å². The molecule has 0 radical (unpaired) electrons. The van der Waals surface area contributed by atoms with Crippen molar-refractivity contribution in [2.24, 2.45) is 0 Å². The number of amides is 1. The largest absolute Gasteiger partial charge is 0.355 e. The van der Waals surface area contributed by atoms with E-state index in [0.717, 1.165) is 24.6 Å². The Balaban J connectivity index is 1.50. The second kappa shape index (κ2) is 7.32. The van der Waals surface area contributed by atoms with Gasteiger partial charge in [0.2, 0.25) is 5.91 Å². The van der Waals surface area contributed by atoms with Gasteiger partial charge >= 0.3 is 0 Å². The van der Waals surface area contributed by atoms with Crippen LogP contribution in [0.5, 0.6) is 0 Å². The molecule has 3 nitrogen and oxygen atoms in total. The molecule has 114 valence electrons. The third kappa shape index (κ3) is 4.01. The zero-order valence-corrected chi connectivity index (χ0v) is 13.3. The summed E-state index contributed by atoms with van der Waals surface area (Å²) >= 11 is 1.94. The van der Waals surface area contributed by atoms with Gasteiger partial charge in [-0.25, -0.2) is 0 Å². The second-order valence-electron chi connectivity index (χ2n) is 6.02. The second-order valence-corrected chi connectivity index (χ2v) is 7.17. The molecule has 0 saturated carbocycles. The van der Waals surface area contributed by atoms with E-state index in [1.54, 1.807) is 0 Å². The number of carbonyl (C=O) groups is 1. The summed E-state index contributed by atoms with van der Waals surface area (Å²) in [5.74, 6) is 2.90. The van der Waals surface area contributed by atoms with Gasteiger partial charge in [0.1, 0.15) is 0 Å². The third-order valence-electron chi connectivity index (χ3n) is 4.47. The van der Waals surface area contributed by atoms with Gasteiger partial charge in [-0.2, -0.15) is 11.8 Å². The van der Waals surface area contributed by atoms with Crippen LogP contribution in [0.1, 0.15) is 36.3 Å². The zero-order chi connectivity index (χ0) is 14.5. The van der Waals surface area contributed by atoms with Gasteiger partial charge in [0.15, 0.2) is 0 Å². The Morgan fingerprint density at radius 3 is 3.14 bits per heavy atom. The van der Waals surface area contributed by atoms with Crippen LogP contribution in [0.2, 0.25) is 0 Å². The quantitative estimate of drug-likeness (QED) is 0.897. The fourth-order valence-corrected chi connectivity index (χ4v) is 4.30. The van der Waals surface area contributed by atoms with Gasteiger partial charge in [-0.1, -0.05) is 24.3 Å². The van der Waals surface area contributed by atoms with E-state index >= 15 is 0 Å². The first-order valence-corrected chi connectivity index (χ1v) is 9.14. The van der Waals surface area contributed by atoms with Gasteiger partial charge in [-0.15, -0.1) is 0 Å². The van der Waals surface area contributed by atoms with Crippen molar-refractivity contribution in [3.8, 4) is 0 Å². The summed E-state index contributed by atoms with van der Waals surface area (Å²) in [6.07, 6.45) is 4.22. The number of thioether (sulfide) groups is 1. The predicted molar refractivity (Wildman–Crippen MR) is 88.9 cm³/mol. The molecule has 1 saturated heterocycles. The third-order valence-corrected chi connectivity index (χ3v) is 5.60. The summed E-state index contributed by atoms with van der Waals surface area (Å²) in [6, 6.07) is 9.04. The number of fused-ring (bicyclic) bond motifs is 1. The molecule has 1 aliphatic heterocycles. The number of benzene rings is 1. The molecule has 0 spiro atoms. The molecule has 1 fully saturated rings. The number of rotatable bonds is 4. The van der Waals surface area contributed by atoms with Crippen LogP contribution < -0.4 is 10.6 Å². The van der Waals surface area contributed by atoms with Crippen molar-refractivity contribution >= 4 is 17.7 Å². The van der Waals surface area contributed by atoms with E-state index in [1.165, 1.54) is 30.4 Å². The van der Waals surface area contributed by atoms with Crippen LogP contribution in [0.3, 0.4) is 0 Å².